The van der Waals surface area contributed by atoms with Crippen LogP contribution in [0.4, 0.5) is 4.39 Å². The third-order valence-electron chi connectivity index (χ3n) is 2.31. The summed E-state index contributed by atoms with van der Waals surface area (Å²) in [5, 5.41) is 0. The molecular formula is C13H9BrFNO3. The van der Waals surface area contributed by atoms with Gasteiger partial charge in [0.15, 0.2) is 11.6 Å². The lowest BCUT2D eigenvalue weighted by Crippen LogP contribution is -2.25. The van der Waals surface area contributed by atoms with Crippen LogP contribution in [0.25, 0.3) is 0 Å². The van der Waals surface area contributed by atoms with E-state index in [0.29, 0.717) is 4.47 Å². The van der Waals surface area contributed by atoms with E-state index in [-0.39, 0.29) is 17.9 Å². The Bertz CT molecular complexity index is 669. The maximum absolute atomic E-state index is 13.3. The summed E-state index contributed by atoms with van der Waals surface area (Å²) in [6.45, 7) is -0.285. The normalized spacial score (nSPS) is 10.2. The summed E-state index contributed by atoms with van der Waals surface area (Å²) in [6, 6.07) is 8.47. The van der Waals surface area contributed by atoms with Gasteiger partial charge in [-0.3, -0.25) is 4.79 Å². The number of hydrogen-bond acceptors (Lipinski definition) is 3. The summed E-state index contributed by atoms with van der Waals surface area (Å²) in [7, 11) is 0. The molecule has 0 saturated heterocycles. The predicted molar refractivity (Wildman–Crippen MR) is 70.4 cm³/mol. The molecule has 0 bridgehead atoms. The van der Waals surface area contributed by atoms with Gasteiger partial charge in [-0.05, 0) is 34.1 Å². The number of carbonyl (C=O) groups excluding carboxylic acids is 1. The molecule has 2 aromatic rings. The van der Waals surface area contributed by atoms with Crippen LogP contribution in [0.2, 0.25) is 0 Å². The molecule has 0 atom stereocenters. The number of pyridine rings is 1. The summed E-state index contributed by atoms with van der Waals surface area (Å²) in [5.74, 6) is -1.50. The maximum atomic E-state index is 13.3. The van der Waals surface area contributed by atoms with Crippen molar-refractivity contribution in [2.75, 3.05) is 0 Å². The molecule has 98 valence electrons. The van der Waals surface area contributed by atoms with Gasteiger partial charge in [0.25, 0.3) is 5.56 Å². The number of aromatic nitrogens is 1. The number of rotatable bonds is 3. The molecule has 1 heterocycles. The highest BCUT2D eigenvalue weighted by atomic mass is 79.9. The Morgan fingerprint density at radius 2 is 2.00 bits per heavy atom. The van der Waals surface area contributed by atoms with Crippen LogP contribution in [0.1, 0.15) is 0 Å². The molecule has 0 aliphatic rings. The Morgan fingerprint density at radius 1 is 1.26 bits per heavy atom. The minimum atomic E-state index is -0.717. The predicted octanol–water partition coefficient (Wildman–Crippen LogP) is 2.36. The largest absolute Gasteiger partial charge is 0.422 e. The molecular weight excluding hydrogens is 317 g/mol. The monoisotopic (exact) mass is 325 g/mol. The Labute approximate surface area is 116 Å². The second-order valence-electron chi connectivity index (χ2n) is 3.72. The van der Waals surface area contributed by atoms with E-state index in [1.165, 1.54) is 35.0 Å². The van der Waals surface area contributed by atoms with Crippen molar-refractivity contribution in [2.45, 2.75) is 6.54 Å². The van der Waals surface area contributed by atoms with E-state index in [2.05, 4.69) is 15.9 Å². The van der Waals surface area contributed by atoms with Crippen molar-refractivity contribution in [1.82, 2.24) is 4.57 Å². The van der Waals surface area contributed by atoms with Crippen LogP contribution in [0.15, 0.2) is 51.9 Å². The molecule has 0 aliphatic heterocycles. The molecule has 0 fully saturated rings. The first-order chi connectivity index (χ1) is 9.06. The number of para-hydroxylation sites is 1. The minimum Gasteiger partial charge on any atom is -0.422 e. The van der Waals surface area contributed by atoms with Crippen molar-refractivity contribution < 1.29 is 13.9 Å². The fraction of sp³-hybridized carbons (Fsp3) is 0.0769. The van der Waals surface area contributed by atoms with E-state index in [1.54, 1.807) is 12.1 Å². The van der Waals surface area contributed by atoms with Crippen molar-refractivity contribution in [2.24, 2.45) is 0 Å². The van der Waals surface area contributed by atoms with Crippen LogP contribution < -0.4 is 10.3 Å². The third kappa shape index (κ3) is 3.51. The topological polar surface area (TPSA) is 48.3 Å². The number of benzene rings is 1. The molecule has 0 amide bonds. The highest BCUT2D eigenvalue weighted by molar-refractivity contribution is 9.10. The lowest BCUT2D eigenvalue weighted by atomic mass is 10.3. The van der Waals surface area contributed by atoms with Crippen molar-refractivity contribution >= 4 is 21.9 Å². The van der Waals surface area contributed by atoms with Gasteiger partial charge in [-0.2, -0.15) is 0 Å². The van der Waals surface area contributed by atoms with Crippen molar-refractivity contribution in [1.29, 1.82) is 0 Å². The van der Waals surface area contributed by atoms with Crippen molar-refractivity contribution in [3.8, 4) is 5.75 Å². The van der Waals surface area contributed by atoms with Gasteiger partial charge in [-0.25, -0.2) is 9.18 Å². The first kappa shape index (κ1) is 13.5. The summed E-state index contributed by atoms with van der Waals surface area (Å²) >= 11 is 3.19. The number of ether oxygens (including phenoxy) is 1. The fourth-order valence-corrected chi connectivity index (χ4v) is 1.83. The van der Waals surface area contributed by atoms with E-state index in [9.17, 15) is 14.0 Å². The van der Waals surface area contributed by atoms with Gasteiger partial charge in [-0.15, -0.1) is 0 Å². The lowest BCUT2D eigenvalue weighted by Gasteiger charge is -2.07. The SMILES string of the molecule is O=C(Cn1cc(Br)ccc1=O)Oc1ccccc1F. The van der Waals surface area contributed by atoms with Crippen LogP contribution >= 0.6 is 15.9 Å². The van der Waals surface area contributed by atoms with Gasteiger partial charge in [0.2, 0.25) is 0 Å². The third-order valence-corrected chi connectivity index (χ3v) is 2.78. The van der Waals surface area contributed by atoms with Gasteiger partial charge >= 0.3 is 5.97 Å². The highest BCUT2D eigenvalue weighted by Crippen LogP contribution is 2.15. The van der Waals surface area contributed by atoms with Crippen LogP contribution in [0.3, 0.4) is 0 Å². The van der Waals surface area contributed by atoms with Gasteiger partial charge in [0.05, 0.1) is 0 Å². The number of nitrogens with zero attached hydrogens (tertiary/aromatic N) is 1. The van der Waals surface area contributed by atoms with E-state index in [4.69, 9.17) is 4.74 Å². The summed E-state index contributed by atoms with van der Waals surface area (Å²) < 4.78 is 20.0. The van der Waals surface area contributed by atoms with Gasteiger partial charge in [0, 0.05) is 16.7 Å². The second-order valence-corrected chi connectivity index (χ2v) is 4.63. The van der Waals surface area contributed by atoms with Crippen LogP contribution in [0.5, 0.6) is 5.75 Å². The molecule has 0 radical (unpaired) electrons. The van der Waals surface area contributed by atoms with Crippen LogP contribution in [0, 0.1) is 5.82 Å². The highest BCUT2D eigenvalue weighted by Gasteiger charge is 2.10. The molecule has 1 aromatic heterocycles. The first-order valence-corrected chi connectivity index (χ1v) is 6.17. The summed E-state index contributed by atoms with van der Waals surface area (Å²) in [5.41, 5.74) is -0.339. The number of halogens is 2. The van der Waals surface area contributed by atoms with Gasteiger partial charge in [0.1, 0.15) is 6.54 Å². The van der Waals surface area contributed by atoms with E-state index in [0.717, 1.165) is 0 Å². The minimum absolute atomic E-state index is 0.157. The first-order valence-electron chi connectivity index (χ1n) is 5.37. The van der Waals surface area contributed by atoms with E-state index in [1.807, 2.05) is 0 Å². The Kier molecular flexibility index (Phi) is 4.11. The molecule has 19 heavy (non-hydrogen) atoms. The summed E-state index contributed by atoms with van der Waals surface area (Å²) in [6.07, 6.45) is 1.46. The van der Waals surface area contributed by atoms with E-state index >= 15 is 0 Å². The molecule has 2 rings (SSSR count). The molecule has 6 heteroatoms. The lowest BCUT2D eigenvalue weighted by molar-refractivity contribution is -0.135. The molecule has 0 unspecified atom stereocenters. The Balaban J connectivity index is 2.12. The molecule has 0 N–H and O–H groups in total. The van der Waals surface area contributed by atoms with Gasteiger partial charge in [-0.1, -0.05) is 12.1 Å². The number of carbonyl (C=O) groups is 1. The smallest absolute Gasteiger partial charge is 0.331 e. The molecule has 1 aromatic carbocycles. The Hall–Kier alpha value is -1.95. The average molecular weight is 326 g/mol. The van der Waals surface area contributed by atoms with E-state index < -0.39 is 11.8 Å². The van der Waals surface area contributed by atoms with Crippen molar-refractivity contribution in [3.05, 3.63) is 63.2 Å². The fourth-order valence-electron chi connectivity index (χ4n) is 1.45. The standard InChI is InChI=1S/C13H9BrFNO3/c14-9-5-6-12(17)16(7-9)8-13(18)19-11-4-2-1-3-10(11)15/h1-7H,8H2. The zero-order valence-electron chi connectivity index (χ0n) is 9.68. The number of hydrogen-bond donors (Lipinski definition) is 0. The molecule has 0 spiro atoms. The maximum Gasteiger partial charge on any atom is 0.331 e. The zero-order chi connectivity index (χ0) is 13.8. The van der Waals surface area contributed by atoms with Crippen LogP contribution in [-0.2, 0) is 11.3 Å². The summed E-state index contributed by atoms with van der Waals surface area (Å²) in [4.78, 5) is 23.1. The molecule has 4 nitrogen and oxygen atoms in total. The Morgan fingerprint density at radius 3 is 2.74 bits per heavy atom. The second kappa shape index (κ2) is 5.79. The zero-order valence-corrected chi connectivity index (χ0v) is 11.3. The van der Waals surface area contributed by atoms with Crippen molar-refractivity contribution in [3.63, 3.8) is 0 Å². The molecule has 0 aliphatic carbocycles. The quantitative estimate of drug-likeness (QED) is 0.643. The average Bonchev–Trinajstić information content (AvgIpc) is 2.37. The molecule has 0 saturated carbocycles. The number of esters is 1. The van der Waals surface area contributed by atoms with Gasteiger partial charge < -0.3 is 9.30 Å². The van der Waals surface area contributed by atoms with Crippen LogP contribution in [-0.4, -0.2) is 10.5 Å².